The Hall–Kier alpha value is -1.10. The van der Waals surface area contributed by atoms with Crippen LogP contribution in [0.3, 0.4) is 0 Å². The van der Waals surface area contributed by atoms with Crippen LogP contribution in [0.4, 0.5) is 4.79 Å². The minimum atomic E-state index is -1.21. The van der Waals surface area contributed by atoms with Gasteiger partial charge in [-0.1, -0.05) is 6.42 Å². The van der Waals surface area contributed by atoms with Crippen LogP contribution in [0.2, 0.25) is 0 Å². The summed E-state index contributed by atoms with van der Waals surface area (Å²) >= 11 is 0. The largest absolute Gasteiger partial charge is 0.444 e. The number of aliphatic hydroxyl groups is 1. The van der Waals surface area contributed by atoms with Gasteiger partial charge in [0.15, 0.2) is 0 Å². The van der Waals surface area contributed by atoms with Crippen molar-refractivity contribution in [3.63, 3.8) is 0 Å². The van der Waals surface area contributed by atoms with Crippen LogP contribution in [-0.4, -0.2) is 34.7 Å². The summed E-state index contributed by atoms with van der Waals surface area (Å²) in [5, 5.41) is 12.9. The van der Waals surface area contributed by atoms with E-state index in [1.807, 2.05) is 0 Å². The lowest BCUT2D eigenvalue weighted by Gasteiger charge is -2.34. The van der Waals surface area contributed by atoms with Crippen molar-refractivity contribution in [2.75, 3.05) is 6.54 Å². The number of carbonyl (C=O) groups is 2. The molecule has 0 heterocycles. The molecule has 1 saturated carbocycles. The van der Waals surface area contributed by atoms with Crippen molar-refractivity contribution in [3.05, 3.63) is 0 Å². The summed E-state index contributed by atoms with van der Waals surface area (Å²) in [7, 11) is 0. The third-order valence-corrected chi connectivity index (χ3v) is 3.29. The van der Waals surface area contributed by atoms with Crippen LogP contribution in [-0.2, 0) is 9.53 Å². The van der Waals surface area contributed by atoms with Gasteiger partial charge >= 0.3 is 6.09 Å². The van der Waals surface area contributed by atoms with Gasteiger partial charge in [0.25, 0.3) is 0 Å². The minimum Gasteiger partial charge on any atom is -0.444 e. The number of amides is 1. The summed E-state index contributed by atoms with van der Waals surface area (Å²) in [6, 6.07) is 0. The van der Waals surface area contributed by atoms with Gasteiger partial charge in [0.1, 0.15) is 11.4 Å². The normalized spacial score (nSPS) is 23.6. The molecule has 1 amide bonds. The molecule has 1 aliphatic rings. The van der Waals surface area contributed by atoms with Gasteiger partial charge in [0.05, 0.1) is 12.1 Å². The molecule has 0 bridgehead atoms. The van der Waals surface area contributed by atoms with E-state index >= 15 is 0 Å². The maximum absolute atomic E-state index is 11.8. The van der Waals surface area contributed by atoms with E-state index < -0.39 is 23.2 Å². The summed E-state index contributed by atoms with van der Waals surface area (Å²) in [6.45, 7) is 6.94. The fourth-order valence-electron chi connectivity index (χ4n) is 2.33. The van der Waals surface area contributed by atoms with Crippen molar-refractivity contribution in [2.24, 2.45) is 5.92 Å². The van der Waals surface area contributed by atoms with E-state index in [2.05, 4.69) is 5.32 Å². The Morgan fingerprint density at radius 2 is 2.00 bits per heavy atom. The highest BCUT2D eigenvalue weighted by atomic mass is 16.6. The molecule has 0 saturated heterocycles. The fourth-order valence-corrected chi connectivity index (χ4v) is 2.33. The highest BCUT2D eigenvalue weighted by Crippen LogP contribution is 2.29. The van der Waals surface area contributed by atoms with Gasteiger partial charge in [-0.05, 0) is 40.5 Å². The Morgan fingerprint density at radius 3 is 2.53 bits per heavy atom. The van der Waals surface area contributed by atoms with Crippen molar-refractivity contribution in [1.82, 2.24) is 5.32 Å². The van der Waals surface area contributed by atoms with E-state index in [1.54, 1.807) is 27.7 Å². The van der Waals surface area contributed by atoms with Crippen molar-refractivity contribution in [2.45, 2.75) is 64.6 Å². The Labute approximate surface area is 114 Å². The highest BCUT2D eigenvalue weighted by Gasteiger charge is 2.38. The third kappa shape index (κ3) is 5.19. The molecule has 1 aliphatic carbocycles. The quantitative estimate of drug-likeness (QED) is 0.823. The molecule has 2 atom stereocenters. The first-order valence-electron chi connectivity index (χ1n) is 6.84. The number of carbonyl (C=O) groups excluding carboxylic acids is 2. The smallest absolute Gasteiger partial charge is 0.407 e. The molecule has 0 aromatic rings. The molecule has 0 spiro atoms. The lowest BCUT2D eigenvalue weighted by atomic mass is 9.77. The molecule has 0 aromatic carbocycles. The van der Waals surface area contributed by atoms with Crippen molar-refractivity contribution < 1.29 is 19.4 Å². The van der Waals surface area contributed by atoms with Gasteiger partial charge in [-0.15, -0.1) is 0 Å². The maximum atomic E-state index is 11.8. The number of ketones is 1. The molecule has 5 heteroatoms. The summed E-state index contributed by atoms with van der Waals surface area (Å²) in [5.74, 6) is -0.307. The standard InChI is InChI=1S/C14H25NO4/c1-13(2,3)19-12(17)15-9-14(4,18)10-7-5-6-8-11(10)16/h10,18H,5-9H2,1-4H3,(H,15,17). The average Bonchev–Trinajstić information content (AvgIpc) is 2.24. The van der Waals surface area contributed by atoms with Gasteiger partial charge < -0.3 is 15.2 Å². The zero-order valence-electron chi connectivity index (χ0n) is 12.3. The van der Waals surface area contributed by atoms with Gasteiger partial charge in [-0.2, -0.15) is 0 Å². The molecule has 19 heavy (non-hydrogen) atoms. The van der Waals surface area contributed by atoms with Crippen LogP contribution in [0.1, 0.15) is 53.4 Å². The number of Topliss-reactive ketones (excluding diaryl/α,β-unsaturated/α-hetero) is 1. The fraction of sp³-hybridized carbons (Fsp3) is 0.857. The predicted molar refractivity (Wildman–Crippen MR) is 71.8 cm³/mol. The highest BCUT2D eigenvalue weighted by molar-refractivity contribution is 5.82. The van der Waals surface area contributed by atoms with Gasteiger partial charge in [-0.25, -0.2) is 4.79 Å². The van der Waals surface area contributed by atoms with Crippen molar-refractivity contribution in [3.8, 4) is 0 Å². The minimum absolute atomic E-state index is 0.0261. The molecule has 2 unspecified atom stereocenters. The number of rotatable bonds is 3. The number of hydrogen-bond acceptors (Lipinski definition) is 4. The summed E-state index contributed by atoms with van der Waals surface area (Å²) < 4.78 is 5.10. The van der Waals surface area contributed by atoms with E-state index in [9.17, 15) is 14.7 Å². The van der Waals surface area contributed by atoms with Crippen LogP contribution in [0.15, 0.2) is 0 Å². The molecule has 0 radical (unpaired) electrons. The Balaban J connectivity index is 2.50. The molecule has 2 N–H and O–H groups in total. The Kier molecular flexibility index (Phi) is 4.96. The van der Waals surface area contributed by atoms with E-state index in [4.69, 9.17) is 4.74 Å². The second kappa shape index (κ2) is 5.90. The first-order valence-corrected chi connectivity index (χ1v) is 6.84. The van der Waals surface area contributed by atoms with Crippen LogP contribution < -0.4 is 5.32 Å². The molecule has 1 rings (SSSR count). The van der Waals surface area contributed by atoms with Gasteiger partial charge in [-0.3, -0.25) is 4.79 Å². The maximum Gasteiger partial charge on any atom is 0.407 e. The first-order chi connectivity index (χ1) is 8.62. The van der Waals surface area contributed by atoms with Crippen molar-refractivity contribution >= 4 is 11.9 Å². The molecular weight excluding hydrogens is 246 g/mol. The van der Waals surface area contributed by atoms with Crippen LogP contribution >= 0.6 is 0 Å². The van der Waals surface area contributed by atoms with E-state index in [-0.39, 0.29) is 12.3 Å². The van der Waals surface area contributed by atoms with E-state index in [0.29, 0.717) is 12.8 Å². The van der Waals surface area contributed by atoms with Gasteiger partial charge in [0.2, 0.25) is 0 Å². The number of alkyl carbamates (subject to hydrolysis) is 1. The SMILES string of the molecule is CC(C)(C)OC(=O)NCC(C)(O)C1CCCCC1=O. The van der Waals surface area contributed by atoms with Crippen LogP contribution in [0.25, 0.3) is 0 Å². The zero-order valence-corrected chi connectivity index (χ0v) is 12.3. The number of ether oxygens (including phenoxy) is 1. The monoisotopic (exact) mass is 271 g/mol. The summed E-state index contributed by atoms with van der Waals surface area (Å²) in [6.07, 6.45) is 2.47. The molecule has 110 valence electrons. The number of nitrogens with one attached hydrogen (secondary N) is 1. The summed E-state index contributed by atoms with van der Waals surface area (Å²) in [4.78, 5) is 23.4. The molecule has 0 aromatic heterocycles. The van der Waals surface area contributed by atoms with Crippen LogP contribution in [0.5, 0.6) is 0 Å². The Bertz CT molecular complexity index is 344. The van der Waals surface area contributed by atoms with Gasteiger partial charge in [0, 0.05) is 12.3 Å². The first kappa shape index (κ1) is 16.0. The second-order valence-corrected chi connectivity index (χ2v) is 6.48. The molecule has 1 fully saturated rings. The predicted octanol–water partition coefficient (Wildman–Crippen LogP) is 2.02. The lowest BCUT2D eigenvalue weighted by molar-refractivity contribution is -0.133. The van der Waals surface area contributed by atoms with Crippen molar-refractivity contribution in [1.29, 1.82) is 0 Å². The average molecular weight is 271 g/mol. The molecule has 5 nitrogen and oxygen atoms in total. The van der Waals surface area contributed by atoms with Crippen LogP contribution in [0, 0.1) is 5.92 Å². The third-order valence-electron chi connectivity index (χ3n) is 3.29. The van der Waals surface area contributed by atoms with E-state index in [1.165, 1.54) is 0 Å². The lowest BCUT2D eigenvalue weighted by Crippen LogP contribution is -2.50. The molecular formula is C14H25NO4. The Morgan fingerprint density at radius 1 is 1.37 bits per heavy atom. The second-order valence-electron chi connectivity index (χ2n) is 6.48. The number of hydrogen-bond donors (Lipinski definition) is 2. The molecule has 0 aliphatic heterocycles. The topological polar surface area (TPSA) is 75.6 Å². The van der Waals surface area contributed by atoms with E-state index in [0.717, 1.165) is 12.8 Å². The summed E-state index contributed by atoms with van der Waals surface area (Å²) in [5.41, 5.74) is -1.79. The zero-order chi connectivity index (χ0) is 14.7.